The van der Waals surface area contributed by atoms with Crippen LogP contribution in [-0.4, -0.2) is 27.4 Å². The maximum Gasteiger partial charge on any atom is 2.00 e. The van der Waals surface area contributed by atoms with E-state index in [-0.39, 0.29) is 28.0 Å². The normalized spacial score (nSPS) is 7.83. The van der Waals surface area contributed by atoms with Gasteiger partial charge in [-0.3, -0.25) is 0 Å². The van der Waals surface area contributed by atoms with Crippen molar-refractivity contribution in [1.82, 2.24) is 9.97 Å². The number of aliphatic carboxylic acids is 2. The first-order chi connectivity index (χ1) is 9.58. The van der Waals surface area contributed by atoms with Gasteiger partial charge < -0.3 is 36.1 Å². The molecule has 0 fully saturated rings. The van der Waals surface area contributed by atoms with Crippen molar-refractivity contribution in [2.24, 2.45) is 0 Å². The zero-order valence-corrected chi connectivity index (χ0v) is 12.7. The van der Waals surface area contributed by atoms with Crippen molar-refractivity contribution in [1.29, 1.82) is 0 Å². The number of nitrogens with one attached hydrogen (secondary N) is 1. The van der Waals surface area contributed by atoms with E-state index in [4.69, 9.17) is 0 Å². The Balaban J connectivity index is -0.000000355. The predicted octanol–water partition coefficient (Wildman–Crippen LogP) is -2.65. The summed E-state index contributed by atoms with van der Waals surface area (Å²) in [5, 5.41) is 21.6. The van der Waals surface area contributed by atoms with Crippen LogP contribution < -0.4 is 15.5 Å². The molecular formula is C13H16CuN3O6+. The van der Waals surface area contributed by atoms with Gasteiger partial charge >= 0.3 is 17.1 Å². The van der Waals surface area contributed by atoms with Crippen LogP contribution in [0.15, 0.2) is 48.8 Å². The number of carbonyl (C=O) groups excluding carboxylic acids is 2. The topological polar surface area (TPSA) is 183 Å². The molecule has 0 bridgehead atoms. The summed E-state index contributed by atoms with van der Waals surface area (Å²) >= 11 is 0. The van der Waals surface area contributed by atoms with Crippen molar-refractivity contribution < 1.29 is 47.8 Å². The van der Waals surface area contributed by atoms with E-state index in [0.29, 0.717) is 0 Å². The molecule has 0 unspecified atom stereocenters. The summed E-state index contributed by atoms with van der Waals surface area (Å²) in [5.41, 5.74) is 0. The molecule has 2 aromatic rings. The zero-order valence-electron chi connectivity index (χ0n) is 11.7. The average Bonchev–Trinajstić information content (AvgIpc) is 2.40. The first-order valence-corrected chi connectivity index (χ1v) is 5.56. The quantitative estimate of drug-likeness (QED) is 0.344. The van der Waals surface area contributed by atoms with Crippen molar-refractivity contribution in [2.45, 2.75) is 6.42 Å². The number of hydrogen-bond donors (Lipinski definition) is 1. The van der Waals surface area contributed by atoms with E-state index in [2.05, 4.69) is 15.3 Å². The van der Waals surface area contributed by atoms with Gasteiger partial charge in [0.05, 0.1) is 0 Å². The van der Waals surface area contributed by atoms with Gasteiger partial charge in [0.1, 0.15) is 11.6 Å². The molecule has 2 heterocycles. The van der Waals surface area contributed by atoms with E-state index >= 15 is 0 Å². The maximum absolute atomic E-state index is 9.28. The molecule has 2 aromatic heterocycles. The third kappa shape index (κ3) is 12.9. The number of aromatic nitrogens is 2. The fourth-order valence-electron chi connectivity index (χ4n) is 1.12. The van der Waals surface area contributed by atoms with Crippen LogP contribution in [0.3, 0.4) is 0 Å². The minimum absolute atomic E-state index is 0. The Bertz CT molecular complexity index is 507. The molecule has 0 spiro atoms. The Labute approximate surface area is 142 Å². The molecule has 2 rings (SSSR count). The molecule has 0 saturated carbocycles. The van der Waals surface area contributed by atoms with Crippen LogP contribution in [0.2, 0.25) is 0 Å². The van der Waals surface area contributed by atoms with Crippen molar-refractivity contribution >= 4 is 23.6 Å². The third-order valence-electron chi connectivity index (χ3n) is 1.87. The van der Waals surface area contributed by atoms with E-state index in [0.717, 1.165) is 11.6 Å². The molecule has 0 aromatic carbocycles. The number of nitrogens with zero attached hydrogens (tertiary/aromatic N) is 2. The van der Waals surface area contributed by atoms with Gasteiger partial charge in [0.25, 0.3) is 0 Å². The number of hydrogen-bond acceptors (Lipinski definition) is 7. The summed E-state index contributed by atoms with van der Waals surface area (Å²) in [5.74, 6) is -1.64. The number of rotatable bonds is 4. The van der Waals surface area contributed by atoms with Gasteiger partial charge in [-0.2, -0.15) is 0 Å². The zero-order chi connectivity index (χ0) is 14.8. The average molecular weight is 374 g/mol. The number of anilines is 2. The summed E-state index contributed by atoms with van der Waals surface area (Å²) in [4.78, 5) is 26.8. The molecule has 0 amide bonds. The van der Waals surface area contributed by atoms with Gasteiger partial charge in [0, 0.05) is 30.8 Å². The first kappa shape index (κ1) is 25.4. The van der Waals surface area contributed by atoms with Gasteiger partial charge in [0.2, 0.25) is 0 Å². The monoisotopic (exact) mass is 373 g/mol. The van der Waals surface area contributed by atoms with Gasteiger partial charge in [-0.1, -0.05) is 12.1 Å². The van der Waals surface area contributed by atoms with Crippen LogP contribution in [0.1, 0.15) is 6.42 Å². The van der Waals surface area contributed by atoms with Crippen molar-refractivity contribution in [3.05, 3.63) is 48.8 Å². The standard InChI is InChI=1S/C10H9N3.C3H4O4.Cu.2H2O/c1-3-7-11-9(5-1)13-10-6-2-4-8-12-10;4-2(5)1-3(6)7;;;/h1-8H,(H,11,12,13);1H2,(H,4,5)(H,6,7);;2*1H2/q;;+2;;/p-1. The summed E-state index contributed by atoms with van der Waals surface area (Å²) in [6.07, 6.45) is 2.45. The van der Waals surface area contributed by atoms with E-state index in [1.54, 1.807) is 12.4 Å². The minimum Gasteiger partial charge on any atom is -0.550 e. The molecule has 0 atom stereocenters. The first-order valence-electron chi connectivity index (χ1n) is 5.56. The molecule has 0 aliphatic rings. The maximum atomic E-state index is 9.28. The van der Waals surface area contributed by atoms with E-state index in [1.807, 2.05) is 36.4 Å². The van der Waals surface area contributed by atoms with Crippen LogP contribution in [0.25, 0.3) is 0 Å². The van der Waals surface area contributed by atoms with Crippen LogP contribution >= 0.6 is 0 Å². The van der Waals surface area contributed by atoms with Crippen molar-refractivity contribution in [3.8, 4) is 0 Å². The van der Waals surface area contributed by atoms with Gasteiger partial charge in [-0.05, 0) is 24.3 Å². The fraction of sp³-hybridized carbons (Fsp3) is 0.0769. The van der Waals surface area contributed by atoms with Crippen LogP contribution in [0.5, 0.6) is 0 Å². The molecule has 9 nitrogen and oxygen atoms in total. The second-order valence-corrected chi connectivity index (χ2v) is 3.48. The van der Waals surface area contributed by atoms with E-state index < -0.39 is 18.4 Å². The fourth-order valence-corrected chi connectivity index (χ4v) is 1.12. The molecule has 10 heteroatoms. The molecule has 0 aliphatic heterocycles. The number of carbonyl (C=O) groups is 2. The Hall–Kier alpha value is -2.52. The summed E-state index contributed by atoms with van der Waals surface area (Å²) in [7, 11) is 0. The molecule has 129 valence electrons. The van der Waals surface area contributed by atoms with Gasteiger partial charge in [0.15, 0.2) is 0 Å². The smallest absolute Gasteiger partial charge is 0.550 e. The van der Waals surface area contributed by atoms with Crippen LogP contribution in [-0.2, 0) is 32.1 Å². The molecule has 6 N–H and O–H groups in total. The number of pyridine rings is 2. The van der Waals surface area contributed by atoms with Gasteiger partial charge in [-0.15, -0.1) is 0 Å². The predicted molar refractivity (Wildman–Crippen MR) is 74.9 cm³/mol. The molecule has 23 heavy (non-hydrogen) atoms. The van der Waals surface area contributed by atoms with E-state index in [9.17, 15) is 19.8 Å². The van der Waals surface area contributed by atoms with Crippen molar-refractivity contribution in [2.75, 3.05) is 5.32 Å². The van der Waals surface area contributed by atoms with E-state index in [1.165, 1.54) is 0 Å². The molecule has 0 aliphatic carbocycles. The third-order valence-corrected chi connectivity index (χ3v) is 1.87. The number of carboxylic acid groups (broad SMARTS) is 2. The Morgan fingerprint density at radius 3 is 1.52 bits per heavy atom. The summed E-state index contributed by atoms with van der Waals surface area (Å²) in [6.45, 7) is 0. The number of carboxylic acids is 2. The molecular weight excluding hydrogens is 358 g/mol. The Kier molecular flexibility index (Phi) is 15.9. The Morgan fingerprint density at radius 2 is 1.30 bits per heavy atom. The minimum atomic E-state index is -1.63. The SMILES string of the molecule is O.O=C([O-])CC(=O)[O-].[Cu+2].[OH3+].c1ccc(Nc2ccccn2)nc1. The second kappa shape index (κ2) is 14.4. The van der Waals surface area contributed by atoms with Gasteiger partial charge in [-0.25, -0.2) is 9.97 Å². The van der Waals surface area contributed by atoms with Crippen molar-refractivity contribution in [3.63, 3.8) is 0 Å². The summed E-state index contributed by atoms with van der Waals surface area (Å²) < 4.78 is 0. The summed E-state index contributed by atoms with van der Waals surface area (Å²) in [6, 6.07) is 11.4. The molecule has 0 saturated heterocycles. The largest absolute Gasteiger partial charge is 2.00 e. The van der Waals surface area contributed by atoms with Crippen LogP contribution in [0, 0.1) is 0 Å². The second-order valence-electron chi connectivity index (χ2n) is 3.48. The Morgan fingerprint density at radius 1 is 0.913 bits per heavy atom. The molecule has 1 radical (unpaired) electrons. The van der Waals surface area contributed by atoms with Crippen LogP contribution in [0.4, 0.5) is 11.6 Å².